The summed E-state index contributed by atoms with van der Waals surface area (Å²) in [5.74, 6) is 0. The van der Waals surface area contributed by atoms with Gasteiger partial charge in [0.1, 0.15) is 0 Å². The first-order valence-corrected chi connectivity index (χ1v) is 6.51. The Morgan fingerprint density at radius 1 is 1.29 bits per heavy atom. The highest BCUT2D eigenvalue weighted by Gasteiger charge is 2.29. The van der Waals surface area contributed by atoms with Gasteiger partial charge in [-0.25, -0.2) is 4.79 Å². The first kappa shape index (κ1) is 14.0. The molecule has 0 aromatic carbocycles. The molecule has 1 rings (SSSR count). The van der Waals surface area contributed by atoms with E-state index >= 15 is 0 Å². The molecule has 0 radical (unpaired) electrons. The molecule has 0 aliphatic heterocycles. The van der Waals surface area contributed by atoms with E-state index in [1.165, 1.54) is 6.42 Å². The highest BCUT2D eigenvalue weighted by atomic mass is 16.3. The van der Waals surface area contributed by atoms with Gasteiger partial charge in [0, 0.05) is 13.1 Å². The molecule has 0 unspecified atom stereocenters. The molecule has 0 atom stereocenters. The van der Waals surface area contributed by atoms with Gasteiger partial charge in [0.25, 0.3) is 0 Å². The Labute approximate surface area is 103 Å². The van der Waals surface area contributed by atoms with Gasteiger partial charge in [-0.15, -0.1) is 0 Å². The lowest BCUT2D eigenvalue weighted by molar-refractivity contribution is 0.00720. The van der Waals surface area contributed by atoms with Gasteiger partial charge in [0.05, 0.1) is 5.60 Å². The lowest BCUT2D eigenvalue weighted by atomic mass is 9.85. The van der Waals surface area contributed by atoms with E-state index in [0.29, 0.717) is 13.1 Å². The van der Waals surface area contributed by atoms with Gasteiger partial charge in [0.2, 0.25) is 0 Å². The van der Waals surface area contributed by atoms with Gasteiger partial charge >= 0.3 is 6.03 Å². The maximum atomic E-state index is 11.4. The quantitative estimate of drug-likeness (QED) is 0.508. The molecule has 1 aliphatic carbocycles. The van der Waals surface area contributed by atoms with Crippen LogP contribution in [0.15, 0.2) is 12.2 Å². The molecule has 1 aliphatic rings. The number of aliphatic hydroxyl groups is 1. The summed E-state index contributed by atoms with van der Waals surface area (Å²) in [7, 11) is 0. The number of carbonyl (C=O) groups excluding carboxylic acids is 1. The maximum Gasteiger partial charge on any atom is 0.314 e. The molecule has 17 heavy (non-hydrogen) atoms. The molecular weight excluding hydrogens is 216 g/mol. The molecule has 0 aromatic rings. The SMILES string of the molecule is C/C=C/CCNC(=O)NCC1(O)CCCCC1. The summed E-state index contributed by atoms with van der Waals surface area (Å²) in [4.78, 5) is 11.4. The van der Waals surface area contributed by atoms with Crippen molar-refractivity contribution < 1.29 is 9.90 Å². The van der Waals surface area contributed by atoms with Crippen molar-refractivity contribution in [1.29, 1.82) is 0 Å². The average molecular weight is 240 g/mol. The van der Waals surface area contributed by atoms with Crippen LogP contribution in [-0.2, 0) is 0 Å². The Hall–Kier alpha value is -1.03. The topological polar surface area (TPSA) is 61.4 Å². The van der Waals surface area contributed by atoms with Crippen LogP contribution >= 0.6 is 0 Å². The second-order valence-corrected chi connectivity index (χ2v) is 4.75. The van der Waals surface area contributed by atoms with Crippen molar-refractivity contribution in [2.45, 2.75) is 51.0 Å². The van der Waals surface area contributed by atoms with Crippen LogP contribution < -0.4 is 10.6 Å². The second kappa shape index (κ2) is 7.33. The van der Waals surface area contributed by atoms with Crippen molar-refractivity contribution >= 4 is 6.03 Å². The first-order chi connectivity index (χ1) is 8.16. The van der Waals surface area contributed by atoms with Gasteiger partial charge < -0.3 is 15.7 Å². The second-order valence-electron chi connectivity index (χ2n) is 4.75. The van der Waals surface area contributed by atoms with Crippen LogP contribution in [0, 0.1) is 0 Å². The van der Waals surface area contributed by atoms with Crippen molar-refractivity contribution in [2.75, 3.05) is 13.1 Å². The van der Waals surface area contributed by atoms with E-state index in [1.807, 2.05) is 19.1 Å². The van der Waals surface area contributed by atoms with Crippen LogP contribution in [0.1, 0.15) is 45.4 Å². The zero-order chi connectivity index (χ0) is 12.6. The molecule has 0 heterocycles. The van der Waals surface area contributed by atoms with Gasteiger partial charge in [-0.05, 0) is 26.2 Å². The monoisotopic (exact) mass is 240 g/mol. The first-order valence-electron chi connectivity index (χ1n) is 6.51. The summed E-state index contributed by atoms with van der Waals surface area (Å²) >= 11 is 0. The maximum absolute atomic E-state index is 11.4. The Bertz CT molecular complexity index is 258. The van der Waals surface area contributed by atoms with Crippen LogP contribution in [0.3, 0.4) is 0 Å². The highest BCUT2D eigenvalue weighted by Crippen LogP contribution is 2.27. The van der Waals surface area contributed by atoms with E-state index < -0.39 is 5.60 Å². The van der Waals surface area contributed by atoms with Crippen LogP contribution in [0.5, 0.6) is 0 Å². The van der Waals surface area contributed by atoms with E-state index in [-0.39, 0.29) is 6.03 Å². The van der Waals surface area contributed by atoms with Crippen molar-refractivity contribution in [3.63, 3.8) is 0 Å². The van der Waals surface area contributed by atoms with E-state index in [9.17, 15) is 9.90 Å². The number of amides is 2. The Morgan fingerprint density at radius 3 is 2.65 bits per heavy atom. The highest BCUT2D eigenvalue weighted by molar-refractivity contribution is 5.73. The Balaban J connectivity index is 2.14. The number of rotatable bonds is 5. The number of allylic oxidation sites excluding steroid dienone is 1. The molecule has 2 amide bonds. The predicted octanol–water partition coefficient (Wildman–Crippen LogP) is 1.95. The number of hydrogen-bond acceptors (Lipinski definition) is 2. The Kier molecular flexibility index (Phi) is 6.05. The fourth-order valence-electron chi connectivity index (χ4n) is 2.13. The Morgan fingerprint density at radius 2 is 2.00 bits per heavy atom. The lowest BCUT2D eigenvalue weighted by Crippen LogP contribution is -2.47. The van der Waals surface area contributed by atoms with Crippen LogP contribution in [0.25, 0.3) is 0 Å². The standard InChI is InChI=1S/C13H24N2O2/c1-2-3-7-10-14-12(16)15-11-13(17)8-5-4-6-9-13/h2-3,17H,4-11H2,1H3,(H2,14,15,16)/b3-2+. The molecule has 4 nitrogen and oxygen atoms in total. The summed E-state index contributed by atoms with van der Waals surface area (Å²) in [6.45, 7) is 2.95. The number of nitrogens with one attached hydrogen (secondary N) is 2. The van der Waals surface area contributed by atoms with E-state index in [4.69, 9.17) is 0 Å². The average Bonchev–Trinajstić information content (AvgIpc) is 2.33. The zero-order valence-electron chi connectivity index (χ0n) is 10.7. The third-order valence-corrected chi connectivity index (χ3v) is 3.19. The minimum atomic E-state index is -0.682. The van der Waals surface area contributed by atoms with Crippen LogP contribution in [-0.4, -0.2) is 29.8 Å². The summed E-state index contributed by atoms with van der Waals surface area (Å²) in [5, 5.41) is 15.7. The predicted molar refractivity (Wildman–Crippen MR) is 68.9 cm³/mol. The number of carbonyl (C=O) groups is 1. The van der Waals surface area contributed by atoms with Crippen molar-refractivity contribution in [3.05, 3.63) is 12.2 Å². The van der Waals surface area contributed by atoms with Crippen LogP contribution in [0.2, 0.25) is 0 Å². The normalized spacial score (nSPS) is 19.2. The molecule has 98 valence electrons. The van der Waals surface area contributed by atoms with Crippen molar-refractivity contribution in [3.8, 4) is 0 Å². The minimum absolute atomic E-state index is 0.187. The fraction of sp³-hybridized carbons (Fsp3) is 0.769. The van der Waals surface area contributed by atoms with Crippen molar-refractivity contribution in [1.82, 2.24) is 10.6 Å². The van der Waals surface area contributed by atoms with E-state index in [0.717, 1.165) is 32.1 Å². The summed E-state index contributed by atoms with van der Waals surface area (Å²) < 4.78 is 0. The smallest absolute Gasteiger partial charge is 0.314 e. The third-order valence-electron chi connectivity index (χ3n) is 3.19. The summed E-state index contributed by atoms with van der Waals surface area (Å²) in [6, 6.07) is -0.187. The molecule has 3 N–H and O–H groups in total. The van der Waals surface area contributed by atoms with Gasteiger partial charge in [-0.1, -0.05) is 31.4 Å². The molecule has 1 fully saturated rings. The minimum Gasteiger partial charge on any atom is -0.388 e. The van der Waals surface area contributed by atoms with Gasteiger partial charge in [-0.2, -0.15) is 0 Å². The van der Waals surface area contributed by atoms with E-state index in [2.05, 4.69) is 10.6 Å². The zero-order valence-corrected chi connectivity index (χ0v) is 10.7. The van der Waals surface area contributed by atoms with Gasteiger partial charge in [-0.3, -0.25) is 0 Å². The molecule has 4 heteroatoms. The van der Waals surface area contributed by atoms with Crippen LogP contribution in [0.4, 0.5) is 4.79 Å². The molecule has 0 aromatic heterocycles. The fourth-order valence-corrected chi connectivity index (χ4v) is 2.13. The lowest BCUT2D eigenvalue weighted by Gasteiger charge is -2.32. The molecule has 0 bridgehead atoms. The van der Waals surface area contributed by atoms with Crippen molar-refractivity contribution in [2.24, 2.45) is 0 Å². The number of hydrogen-bond donors (Lipinski definition) is 3. The molecule has 0 saturated heterocycles. The molecule has 0 spiro atoms. The number of urea groups is 1. The molecular formula is C13H24N2O2. The largest absolute Gasteiger partial charge is 0.388 e. The summed E-state index contributed by atoms with van der Waals surface area (Å²) in [5.41, 5.74) is -0.682. The summed E-state index contributed by atoms with van der Waals surface area (Å²) in [6.07, 6.45) is 9.71. The third kappa shape index (κ3) is 5.73. The molecule has 1 saturated carbocycles. The van der Waals surface area contributed by atoms with Gasteiger partial charge in [0.15, 0.2) is 0 Å². The van der Waals surface area contributed by atoms with E-state index in [1.54, 1.807) is 0 Å².